The van der Waals surface area contributed by atoms with Crippen LogP contribution in [0.3, 0.4) is 0 Å². The number of benzene rings is 1. The van der Waals surface area contributed by atoms with Gasteiger partial charge >= 0.3 is 12.1 Å². The number of fused-ring (bicyclic) bond motifs is 1. The van der Waals surface area contributed by atoms with E-state index in [2.05, 4.69) is 4.37 Å². The maximum Gasteiger partial charge on any atom is 0.431 e. The van der Waals surface area contributed by atoms with Gasteiger partial charge in [0.25, 0.3) is 0 Å². The third kappa shape index (κ3) is 2.90. The van der Waals surface area contributed by atoms with Gasteiger partial charge < -0.3 is 20.2 Å². The molecule has 2 heterocycles. The first kappa shape index (κ1) is 17.5. The second-order valence-electron chi connectivity index (χ2n) is 5.34. The van der Waals surface area contributed by atoms with Crippen LogP contribution in [0.5, 0.6) is 0 Å². The number of nitrogens with zero attached hydrogens (tertiary/aromatic N) is 3. The molecule has 3 N–H and O–H groups in total. The minimum atomic E-state index is -4.74. The van der Waals surface area contributed by atoms with E-state index in [1.807, 2.05) is 0 Å². The van der Waals surface area contributed by atoms with E-state index >= 15 is 0 Å². The van der Waals surface area contributed by atoms with Gasteiger partial charge in [-0.3, -0.25) is 4.90 Å². The third-order valence-electron chi connectivity index (χ3n) is 3.81. The fraction of sp³-hybridized carbons (Fsp3) is 0.286. The molecule has 0 saturated heterocycles. The van der Waals surface area contributed by atoms with Crippen molar-refractivity contribution in [3.05, 3.63) is 35.7 Å². The van der Waals surface area contributed by atoms with Crippen LogP contribution in [-0.2, 0) is 0 Å². The lowest BCUT2D eigenvalue weighted by atomic mass is 10.1. The maximum absolute atomic E-state index is 13.0. The van der Waals surface area contributed by atoms with Crippen LogP contribution in [0.2, 0.25) is 0 Å². The molecular weight excluding hydrogens is 363 g/mol. The topological polar surface area (TPSA) is 97.1 Å². The Hall–Kier alpha value is -2.37. The van der Waals surface area contributed by atoms with E-state index in [4.69, 9.17) is 5.11 Å². The number of halogens is 3. The predicted octanol–water partition coefficient (Wildman–Crippen LogP) is 1.79. The summed E-state index contributed by atoms with van der Waals surface area (Å²) in [6, 6.07) is 4.34. The highest BCUT2D eigenvalue weighted by atomic mass is 32.1. The number of aromatic carboxylic acids is 1. The SMILES string of the molecule is CN1C(C(F)(F)F)=CC(O)N(c2ccc3snc(C(=O)O)c3c2)C1O. The number of carboxylic acid groups (broad SMARTS) is 1. The molecule has 1 aliphatic heterocycles. The summed E-state index contributed by atoms with van der Waals surface area (Å²) < 4.78 is 43.2. The van der Waals surface area contributed by atoms with Gasteiger partial charge in [0.1, 0.15) is 5.70 Å². The van der Waals surface area contributed by atoms with Crippen molar-refractivity contribution in [1.82, 2.24) is 9.27 Å². The van der Waals surface area contributed by atoms with E-state index in [9.17, 15) is 28.2 Å². The van der Waals surface area contributed by atoms with E-state index in [0.717, 1.165) is 23.5 Å². The Labute approximate surface area is 143 Å². The summed E-state index contributed by atoms with van der Waals surface area (Å²) in [6.07, 6.45) is -7.71. The summed E-state index contributed by atoms with van der Waals surface area (Å²) in [5.41, 5.74) is -1.23. The molecule has 1 aromatic heterocycles. The van der Waals surface area contributed by atoms with Crippen molar-refractivity contribution in [2.75, 3.05) is 11.9 Å². The van der Waals surface area contributed by atoms with Crippen molar-refractivity contribution in [3.63, 3.8) is 0 Å². The number of aliphatic hydroxyl groups excluding tert-OH is 2. The molecule has 0 spiro atoms. The smallest absolute Gasteiger partial charge is 0.431 e. The van der Waals surface area contributed by atoms with Crippen molar-refractivity contribution in [2.24, 2.45) is 0 Å². The second-order valence-corrected chi connectivity index (χ2v) is 6.15. The average Bonchev–Trinajstić information content (AvgIpc) is 2.93. The van der Waals surface area contributed by atoms with Crippen LogP contribution in [-0.4, -0.2) is 56.4 Å². The number of allylic oxidation sites excluding steroid dienone is 1. The number of carboxylic acids is 1. The molecule has 3 rings (SSSR count). The number of aromatic nitrogens is 1. The Morgan fingerprint density at radius 3 is 2.60 bits per heavy atom. The summed E-state index contributed by atoms with van der Waals surface area (Å²) in [4.78, 5) is 12.7. The minimum Gasteiger partial charge on any atom is -0.476 e. The largest absolute Gasteiger partial charge is 0.476 e. The fourth-order valence-corrected chi connectivity index (χ4v) is 3.36. The Kier molecular flexibility index (Phi) is 4.09. The predicted molar refractivity (Wildman–Crippen MR) is 83.0 cm³/mol. The molecule has 1 aromatic carbocycles. The highest BCUT2D eigenvalue weighted by Gasteiger charge is 2.44. The zero-order valence-electron chi connectivity index (χ0n) is 12.6. The molecule has 0 aliphatic carbocycles. The lowest BCUT2D eigenvalue weighted by molar-refractivity contribution is -0.133. The van der Waals surface area contributed by atoms with Crippen LogP contribution in [0.1, 0.15) is 10.5 Å². The first-order chi connectivity index (χ1) is 11.6. The minimum absolute atomic E-state index is 0.152. The Balaban J connectivity index is 2.07. The van der Waals surface area contributed by atoms with Gasteiger partial charge in [0.2, 0.25) is 6.35 Å². The molecule has 2 atom stereocenters. The van der Waals surface area contributed by atoms with Gasteiger partial charge in [-0.2, -0.15) is 17.5 Å². The molecule has 11 heteroatoms. The highest BCUT2D eigenvalue weighted by molar-refractivity contribution is 7.13. The average molecular weight is 375 g/mol. The number of rotatable bonds is 2. The molecule has 0 bridgehead atoms. The Morgan fingerprint density at radius 1 is 1.32 bits per heavy atom. The monoisotopic (exact) mass is 375 g/mol. The van der Waals surface area contributed by atoms with Crippen LogP contribution in [0, 0.1) is 0 Å². The molecule has 0 fully saturated rings. The number of hydrogen-bond donors (Lipinski definition) is 3. The number of carbonyl (C=O) groups is 1. The maximum atomic E-state index is 13.0. The molecular formula is C14H12F3N3O4S. The van der Waals surface area contributed by atoms with E-state index in [1.165, 1.54) is 18.2 Å². The van der Waals surface area contributed by atoms with Gasteiger partial charge in [0, 0.05) is 18.1 Å². The fourth-order valence-electron chi connectivity index (χ4n) is 2.61. The molecule has 25 heavy (non-hydrogen) atoms. The summed E-state index contributed by atoms with van der Waals surface area (Å²) >= 11 is 0.958. The number of hydrogen-bond acceptors (Lipinski definition) is 7. The lowest BCUT2D eigenvalue weighted by Crippen LogP contribution is -2.56. The zero-order chi connectivity index (χ0) is 18.5. The molecule has 0 radical (unpaired) electrons. The lowest BCUT2D eigenvalue weighted by Gasteiger charge is -2.43. The first-order valence-corrected chi connectivity index (χ1v) is 7.67. The number of aliphatic hydroxyl groups is 2. The second kappa shape index (κ2) is 5.86. The Bertz CT molecular complexity index is 867. The summed E-state index contributed by atoms with van der Waals surface area (Å²) in [5.74, 6) is -1.25. The zero-order valence-corrected chi connectivity index (χ0v) is 13.4. The first-order valence-electron chi connectivity index (χ1n) is 6.90. The molecule has 2 aromatic rings. The number of anilines is 1. The number of alkyl halides is 3. The van der Waals surface area contributed by atoms with Gasteiger partial charge in [-0.05, 0) is 35.8 Å². The van der Waals surface area contributed by atoms with E-state index in [0.29, 0.717) is 15.7 Å². The summed E-state index contributed by atoms with van der Waals surface area (Å²) in [5, 5.41) is 29.7. The van der Waals surface area contributed by atoms with Crippen molar-refractivity contribution in [2.45, 2.75) is 18.8 Å². The van der Waals surface area contributed by atoms with Crippen molar-refractivity contribution in [3.8, 4) is 0 Å². The van der Waals surface area contributed by atoms with Crippen molar-refractivity contribution in [1.29, 1.82) is 0 Å². The molecule has 7 nitrogen and oxygen atoms in total. The van der Waals surface area contributed by atoms with Gasteiger partial charge in [0.15, 0.2) is 11.9 Å². The standard InChI is InChI=1S/C14H12F3N3O4S/c1-19-9(14(15,16)17)5-10(21)20(13(19)24)6-2-3-8-7(4-6)11(12(22)23)18-25-8/h2-5,10,13,21,24H,1H3,(H,22,23). The van der Waals surface area contributed by atoms with E-state index < -0.39 is 30.4 Å². The van der Waals surface area contributed by atoms with Crippen LogP contribution in [0.25, 0.3) is 10.1 Å². The molecule has 134 valence electrons. The van der Waals surface area contributed by atoms with Gasteiger partial charge in [-0.1, -0.05) is 0 Å². The van der Waals surface area contributed by atoms with Crippen LogP contribution < -0.4 is 4.90 Å². The van der Waals surface area contributed by atoms with Gasteiger partial charge in [0.05, 0.1) is 4.70 Å². The van der Waals surface area contributed by atoms with Crippen LogP contribution in [0.15, 0.2) is 30.0 Å². The van der Waals surface area contributed by atoms with Crippen LogP contribution in [0.4, 0.5) is 18.9 Å². The third-order valence-corrected chi connectivity index (χ3v) is 4.64. The molecule has 0 amide bonds. The molecule has 1 aliphatic rings. The van der Waals surface area contributed by atoms with Gasteiger partial charge in [-0.15, -0.1) is 0 Å². The van der Waals surface area contributed by atoms with Crippen LogP contribution >= 0.6 is 11.5 Å². The van der Waals surface area contributed by atoms with Crippen molar-refractivity contribution < 1.29 is 33.3 Å². The highest BCUT2D eigenvalue weighted by Crippen LogP contribution is 2.36. The van der Waals surface area contributed by atoms with E-state index in [1.54, 1.807) is 0 Å². The van der Waals surface area contributed by atoms with Crippen molar-refractivity contribution >= 4 is 33.3 Å². The quantitative estimate of drug-likeness (QED) is 0.736. The molecule has 2 unspecified atom stereocenters. The summed E-state index contributed by atoms with van der Waals surface area (Å²) in [6.45, 7) is 0. The summed E-state index contributed by atoms with van der Waals surface area (Å²) in [7, 11) is 1.04. The Morgan fingerprint density at radius 2 is 2.00 bits per heavy atom. The van der Waals surface area contributed by atoms with Gasteiger partial charge in [-0.25, -0.2) is 4.79 Å². The van der Waals surface area contributed by atoms with E-state index in [-0.39, 0.29) is 16.8 Å². The normalized spacial score (nSPS) is 21.6. The molecule has 0 saturated carbocycles.